The molecule has 0 atom stereocenters. The second kappa shape index (κ2) is 7.70. The number of hydrogen-bond donors (Lipinski definition) is 3. The summed E-state index contributed by atoms with van der Waals surface area (Å²) in [5, 5.41) is 21.6. The fourth-order valence-corrected chi connectivity index (χ4v) is 2.97. The van der Waals surface area contributed by atoms with E-state index < -0.39 is 0 Å². The predicted molar refractivity (Wildman–Crippen MR) is 101 cm³/mol. The van der Waals surface area contributed by atoms with Gasteiger partial charge in [-0.15, -0.1) is 21.5 Å². The molecule has 10 heteroatoms. The van der Waals surface area contributed by atoms with Crippen LogP contribution in [0.5, 0.6) is 0 Å². The lowest BCUT2D eigenvalue weighted by Crippen LogP contribution is -2.14. The number of H-pyrrole nitrogens is 1. The third-order valence-corrected chi connectivity index (χ3v) is 4.51. The number of carbonyl (C=O) groups is 1. The molecule has 134 valence electrons. The van der Waals surface area contributed by atoms with E-state index in [0.29, 0.717) is 34.6 Å². The van der Waals surface area contributed by atoms with Crippen molar-refractivity contribution >= 4 is 29.0 Å². The van der Waals surface area contributed by atoms with Crippen molar-refractivity contribution in [2.75, 3.05) is 10.6 Å². The van der Waals surface area contributed by atoms with Crippen LogP contribution in [0.25, 0.3) is 11.4 Å². The van der Waals surface area contributed by atoms with Gasteiger partial charge in [0.1, 0.15) is 5.82 Å². The molecule has 0 aliphatic carbocycles. The Morgan fingerprint density at radius 2 is 2.04 bits per heavy atom. The van der Waals surface area contributed by atoms with Crippen LogP contribution in [0.3, 0.4) is 0 Å². The fourth-order valence-electron chi connectivity index (χ4n) is 2.36. The van der Waals surface area contributed by atoms with Gasteiger partial charge in [0.2, 0.25) is 11.8 Å². The smallest absolute Gasteiger partial charge is 0.266 e. The third-order valence-electron chi connectivity index (χ3n) is 3.65. The number of carbonyl (C=O) groups excluding carboxylic acids is 1. The molecule has 0 aliphatic heterocycles. The Balaban J connectivity index is 1.60. The molecule has 4 rings (SSSR count). The lowest BCUT2D eigenvalue weighted by Gasteiger charge is -2.10. The number of nitrogens with one attached hydrogen (secondary N) is 3. The highest BCUT2D eigenvalue weighted by molar-refractivity contribution is 7.12. The monoisotopic (exact) mass is 378 g/mol. The largest absolute Gasteiger partial charge is 0.350 e. The molecule has 0 unspecified atom stereocenters. The lowest BCUT2D eigenvalue weighted by atomic mass is 10.2. The fraction of sp³-hybridized carbons (Fsp3) is 0.0588. The first-order chi connectivity index (χ1) is 13.3. The summed E-state index contributed by atoms with van der Waals surface area (Å²) >= 11 is 1.34. The zero-order valence-electron chi connectivity index (χ0n) is 14.0. The first-order valence-electron chi connectivity index (χ1n) is 8.03. The van der Waals surface area contributed by atoms with Crippen molar-refractivity contribution in [3.63, 3.8) is 0 Å². The van der Waals surface area contributed by atoms with Crippen LogP contribution >= 0.6 is 11.3 Å². The summed E-state index contributed by atoms with van der Waals surface area (Å²) in [6.07, 6.45) is 1.55. The Labute approximate surface area is 157 Å². The SMILES string of the molecule is O=C(Nc1nc(NCc2ccccc2)ncc1-c1nn[nH]n1)c1cccs1. The number of thiophene rings is 1. The van der Waals surface area contributed by atoms with Crippen molar-refractivity contribution in [3.05, 3.63) is 64.5 Å². The maximum Gasteiger partial charge on any atom is 0.266 e. The van der Waals surface area contributed by atoms with Crippen LogP contribution in [0.2, 0.25) is 0 Å². The van der Waals surface area contributed by atoms with Crippen molar-refractivity contribution in [2.45, 2.75) is 6.54 Å². The summed E-state index contributed by atoms with van der Waals surface area (Å²) in [6, 6.07) is 13.4. The number of tetrazole rings is 1. The molecule has 0 radical (unpaired) electrons. The van der Waals surface area contributed by atoms with Crippen LogP contribution in [0.1, 0.15) is 15.2 Å². The van der Waals surface area contributed by atoms with E-state index in [-0.39, 0.29) is 5.91 Å². The molecule has 0 saturated carbocycles. The van der Waals surface area contributed by atoms with Crippen molar-refractivity contribution in [1.29, 1.82) is 0 Å². The molecule has 9 nitrogen and oxygen atoms in total. The number of rotatable bonds is 6. The topological polar surface area (TPSA) is 121 Å². The highest BCUT2D eigenvalue weighted by atomic mass is 32.1. The number of nitrogens with zero attached hydrogens (tertiary/aromatic N) is 5. The Kier molecular flexibility index (Phi) is 4.79. The van der Waals surface area contributed by atoms with Gasteiger partial charge in [0, 0.05) is 12.7 Å². The van der Waals surface area contributed by atoms with Crippen LogP contribution in [0.4, 0.5) is 11.8 Å². The first kappa shape index (κ1) is 16.8. The minimum Gasteiger partial charge on any atom is -0.350 e. The lowest BCUT2D eigenvalue weighted by molar-refractivity contribution is 0.103. The van der Waals surface area contributed by atoms with Crippen molar-refractivity contribution in [3.8, 4) is 11.4 Å². The number of amides is 1. The summed E-state index contributed by atoms with van der Waals surface area (Å²) in [5.74, 6) is 0.724. The normalized spacial score (nSPS) is 10.5. The van der Waals surface area contributed by atoms with E-state index in [4.69, 9.17) is 0 Å². The molecule has 3 N–H and O–H groups in total. The second-order valence-corrected chi connectivity index (χ2v) is 6.41. The summed E-state index contributed by atoms with van der Waals surface area (Å²) in [5.41, 5.74) is 1.56. The minimum atomic E-state index is -0.262. The van der Waals surface area contributed by atoms with E-state index in [1.807, 2.05) is 41.8 Å². The number of anilines is 2. The summed E-state index contributed by atoms with van der Waals surface area (Å²) in [4.78, 5) is 21.7. The molecular weight excluding hydrogens is 364 g/mol. The molecule has 3 aromatic heterocycles. The van der Waals surface area contributed by atoms with E-state index in [2.05, 4.69) is 41.2 Å². The molecule has 3 heterocycles. The molecule has 0 fully saturated rings. The van der Waals surface area contributed by atoms with Gasteiger partial charge in [-0.05, 0) is 22.2 Å². The molecular formula is C17H14N8OS. The standard InChI is InChI=1S/C17H14N8OS/c26-16(13-7-4-8-27-13)20-14-12(15-22-24-25-23-15)10-19-17(21-14)18-9-11-5-2-1-3-6-11/h1-8,10H,9H2,(H,22,23,24,25)(H2,18,19,20,21,26). The van der Waals surface area contributed by atoms with Gasteiger partial charge >= 0.3 is 0 Å². The Bertz CT molecular complexity index is 1020. The van der Waals surface area contributed by atoms with Crippen LogP contribution < -0.4 is 10.6 Å². The van der Waals surface area contributed by atoms with Gasteiger partial charge in [0.25, 0.3) is 5.91 Å². The number of hydrogen-bond acceptors (Lipinski definition) is 8. The van der Waals surface area contributed by atoms with E-state index >= 15 is 0 Å². The van der Waals surface area contributed by atoms with Crippen molar-refractivity contribution in [1.82, 2.24) is 30.6 Å². The maximum atomic E-state index is 12.4. The van der Waals surface area contributed by atoms with E-state index in [1.54, 1.807) is 12.3 Å². The molecule has 0 spiro atoms. The molecule has 1 aromatic carbocycles. The molecule has 4 aromatic rings. The summed E-state index contributed by atoms with van der Waals surface area (Å²) in [6.45, 7) is 0.556. The van der Waals surface area contributed by atoms with E-state index in [1.165, 1.54) is 11.3 Å². The van der Waals surface area contributed by atoms with Gasteiger partial charge < -0.3 is 10.6 Å². The second-order valence-electron chi connectivity index (χ2n) is 5.46. The quantitative estimate of drug-likeness (QED) is 0.471. The van der Waals surface area contributed by atoms with Gasteiger partial charge in [-0.3, -0.25) is 4.79 Å². The average Bonchev–Trinajstić information content (AvgIpc) is 3.41. The minimum absolute atomic E-state index is 0.262. The molecule has 0 bridgehead atoms. The van der Waals surface area contributed by atoms with Crippen molar-refractivity contribution in [2.24, 2.45) is 0 Å². The summed E-state index contributed by atoms with van der Waals surface area (Å²) in [7, 11) is 0. The molecule has 0 aliphatic rings. The van der Waals surface area contributed by atoms with Gasteiger partial charge in [-0.2, -0.15) is 10.2 Å². The number of benzene rings is 1. The molecule has 27 heavy (non-hydrogen) atoms. The van der Waals surface area contributed by atoms with Gasteiger partial charge in [-0.1, -0.05) is 36.4 Å². The average molecular weight is 378 g/mol. The first-order valence-corrected chi connectivity index (χ1v) is 8.91. The summed E-state index contributed by atoms with van der Waals surface area (Å²) < 4.78 is 0. The zero-order valence-corrected chi connectivity index (χ0v) is 14.8. The van der Waals surface area contributed by atoms with Crippen LogP contribution in [-0.4, -0.2) is 36.5 Å². The number of aromatic amines is 1. The predicted octanol–water partition coefficient (Wildman–Crippen LogP) is 2.58. The van der Waals surface area contributed by atoms with Gasteiger partial charge in [-0.25, -0.2) is 4.98 Å². The van der Waals surface area contributed by atoms with Crippen molar-refractivity contribution < 1.29 is 4.79 Å². The van der Waals surface area contributed by atoms with Gasteiger partial charge in [0.15, 0.2) is 0 Å². The Hall–Kier alpha value is -3.66. The van der Waals surface area contributed by atoms with E-state index in [9.17, 15) is 4.79 Å². The highest BCUT2D eigenvalue weighted by Gasteiger charge is 2.17. The number of aromatic nitrogens is 6. The van der Waals surface area contributed by atoms with Crippen LogP contribution in [0, 0.1) is 0 Å². The van der Waals surface area contributed by atoms with Crippen LogP contribution in [0.15, 0.2) is 54.0 Å². The van der Waals surface area contributed by atoms with Crippen LogP contribution in [-0.2, 0) is 6.54 Å². The molecule has 1 amide bonds. The highest BCUT2D eigenvalue weighted by Crippen LogP contribution is 2.24. The Morgan fingerprint density at radius 3 is 2.78 bits per heavy atom. The van der Waals surface area contributed by atoms with Gasteiger partial charge in [0.05, 0.1) is 10.4 Å². The maximum absolute atomic E-state index is 12.4. The van der Waals surface area contributed by atoms with E-state index in [0.717, 1.165) is 5.56 Å². The Morgan fingerprint density at radius 1 is 1.15 bits per heavy atom. The zero-order chi connectivity index (χ0) is 18.5. The molecule has 0 saturated heterocycles. The third kappa shape index (κ3) is 3.96.